The fraction of sp³-hybridized carbons (Fsp3) is 0.429. The van der Waals surface area contributed by atoms with Crippen LogP contribution in [0.25, 0.3) is 11.3 Å². The second-order valence-corrected chi connectivity index (χ2v) is 7.16. The fourth-order valence-electron chi connectivity index (χ4n) is 3.92. The van der Waals surface area contributed by atoms with Crippen molar-refractivity contribution in [2.45, 2.75) is 45.1 Å². The molecule has 4 rings (SSSR count). The maximum absolute atomic E-state index is 12.4. The van der Waals surface area contributed by atoms with Crippen molar-refractivity contribution in [2.75, 3.05) is 13.2 Å². The Morgan fingerprint density at radius 2 is 1.96 bits per heavy atom. The van der Waals surface area contributed by atoms with Crippen LogP contribution in [0, 0.1) is 0 Å². The van der Waals surface area contributed by atoms with E-state index in [-0.39, 0.29) is 11.6 Å². The van der Waals surface area contributed by atoms with Crippen LogP contribution in [0.3, 0.4) is 0 Å². The highest BCUT2D eigenvalue weighted by molar-refractivity contribution is 5.87. The molecule has 0 saturated carbocycles. The number of hydrogen-bond acceptors (Lipinski definition) is 4. The minimum absolute atomic E-state index is 0.121. The van der Waals surface area contributed by atoms with E-state index in [1.165, 1.54) is 12.3 Å². The summed E-state index contributed by atoms with van der Waals surface area (Å²) in [7, 11) is 0. The van der Waals surface area contributed by atoms with Crippen LogP contribution < -0.4 is 14.9 Å². The van der Waals surface area contributed by atoms with Gasteiger partial charge in [0.15, 0.2) is 16.9 Å². The van der Waals surface area contributed by atoms with Gasteiger partial charge in [0, 0.05) is 30.3 Å². The molecule has 0 spiro atoms. The van der Waals surface area contributed by atoms with Crippen LogP contribution in [0.2, 0.25) is 0 Å². The number of nitrogens with zero attached hydrogens (tertiary/aromatic N) is 1. The molecule has 27 heavy (non-hydrogen) atoms. The number of ether oxygens (including phenoxy) is 2. The average Bonchev–Trinajstić information content (AvgIpc) is 2.88. The topological polar surface area (TPSA) is 77.8 Å². The van der Waals surface area contributed by atoms with Crippen molar-refractivity contribution >= 4 is 5.97 Å². The first kappa shape index (κ1) is 17.6. The van der Waals surface area contributed by atoms with Crippen LogP contribution in [0.4, 0.5) is 0 Å². The molecule has 3 heterocycles. The van der Waals surface area contributed by atoms with Crippen LogP contribution in [0.15, 0.2) is 29.2 Å². The molecule has 1 unspecified atom stereocenters. The van der Waals surface area contributed by atoms with Crippen LogP contribution in [-0.4, -0.2) is 28.9 Å². The Morgan fingerprint density at radius 1 is 1.22 bits per heavy atom. The summed E-state index contributed by atoms with van der Waals surface area (Å²) < 4.78 is 13.6. The van der Waals surface area contributed by atoms with Gasteiger partial charge in [-0.2, -0.15) is 0 Å². The van der Waals surface area contributed by atoms with Gasteiger partial charge in [-0.15, -0.1) is 0 Å². The van der Waals surface area contributed by atoms with Crippen molar-refractivity contribution in [2.24, 2.45) is 0 Å². The summed E-state index contributed by atoms with van der Waals surface area (Å²) in [5, 5.41) is 9.36. The van der Waals surface area contributed by atoms with Gasteiger partial charge in [0.05, 0.1) is 18.9 Å². The number of benzene rings is 1. The van der Waals surface area contributed by atoms with Crippen molar-refractivity contribution in [3.05, 3.63) is 45.7 Å². The second kappa shape index (κ2) is 7.10. The quantitative estimate of drug-likeness (QED) is 0.890. The zero-order valence-electron chi connectivity index (χ0n) is 15.4. The molecule has 6 heteroatoms. The monoisotopic (exact) mass is 369 g/mol. The Morgan fingerprint density at radius 3 is 2.67 bits per heavy atom. The number of hydrogen-bond donors (Lipinski definition) is 1. The molecule has 2 aliphatic heterocycles. The fourth-order valence-corrected chi connectivity index (χ4v) is 3.92. The van der Waals surface area contributed by atoms with E-state index in [0.29, 0.717) is 19.0 Å². The standard InChI is InChI=1S/C21H23NO5/c1-2-3-5-14-8-13-9-19-20(27-7-4-6-26-19)10-15(13)17-11-18(23)16(21(24)25)12-22(14)17/h9-12,14H,2-8H2,1H3,(H,24,25). The number of unbranched alkanes of at least 4 members (excludes halogenated alkanes) is 1. The number of pyridine rings is 1. The van der Waals surface area contributed by atoms with E-state index in [0.717, 1.165) is 54.7 Å². The number of carboxylic acid groups (broad SMARTS) is 1. The number of rotatable bonds is 4. The molecular weight excluding hydrogens is 346 g/mol. The average molecular weight is 369 g/mol. The highest BCUT2D eigenvalue weighted by atomic mass is 16.5. The lowest BCUT2D eigenvalue weighted by Crippen LogP contribution is -2.25. The van der Waals surface area contributed by atoms with Gasteiger partial charge in [-0.1, -0.05) is 19.8 Å². The lowest BCUT2D eigenvalue weighted by atomic mass is 9.89. The van der Waals surface area contributed by atoms with E-state index >= 15 is 0 Å². The normalized spacial score (nSPS) is 17.6. The number of aromatic nitrogens is 1. The maximum Gasteiger partial charge on any atom is 0.341 e. The lowest BCUT2D eigenvalue weighted by Gasteiger charge is -2.31. The molecule has 0 saturated heterocycles. The molecule has 1 atom stereocenters. The summed E-state index contributed by atoms with van der Waals surface area (Å²) >= 11 is 0. The third kappa shape index (κ3) is 3.20. The Kier molecular flexibility index (Phi) is 4.64. The van der Waals surface area contributed by atoms with E-state index < -0.39 is 11.4 Å². The Hall–Kier alpha value is -2.76. The lowest BCUT2D eigenvalue weighted by molar-refractivity contribution is 0.0694. The number of aromatic carboxylic acids is 1. The summed E-state index contributed by atoms with van der Waals surface area (Å²) in [6, 6.07) is 5.52. The molecule has 1 N–H and O–H groups in total. The van der Waals surface area contributed by atoms with Crippen LogP contribution >= 0.6 is 0 Å². The van der Waals surface area contributed by atoms with Gasteiger partial charge in [-0.25, -0.2) is 4.79 Å². The van der Waals surface area contributed by atoms with Crippen molar-refractivity contribution < 1.29 is 19.4 Å². The van der Waals surface area contributed by atoms with E-state index in [2.05, 4.69) is 6.92 Å². The number of carboxylic acids is 1. The summed E-state index contributed by atoms with van der Waals surface area (Å²) in [4.78, 5) is 23.8. The first-order valence-electron chi connectivity index (χ1n) is 9.51. The van der Waals surface area contributed by atoms with Gasteiger partial charge < -0.3 is 19.1 Å². The second-order valence-electron chi connectivity index (χ2n) is 7.16. The van der Waals surface area contributed by atoms with Crippen molar-refractivity contribution in [1.82, 2.24) is 4.57 Å². The van der Waals surface area contributed by atoms with Crippen LogP contribution in [-0.2, 0) is 6.42 Å². The largest absolute Gasteiger partial charge is 0.490 e. The van der Waals surface area contributed by atoms with Gasteiger partial charge >= 0.3 is 5.97 Å². The molecule has 142 valence electrons. The zero-order valence-corrected chi connectivity index (χ0v) is 15.4. The molecule has 0 radical (unpaired) electrons. The van der Waals surface area contributed by atoms with Gasteiger partial charge in [-0.05, 0) is 30.5 Å². The molecule has 6 nitrogen and oxygen atoms in total. The molecule has 2 aliphatic rings. The van der Waals surface area contributed by atoms with Crippen molar-refractivity contribution in [3.63, 3.8) is 0 Å². The van der Waals surface area contributed by atoms with E-state index in [9.17, 15) is 14.7 Å². The minimum Gasteiger partial charge on any atom is -0.490 e. The SMILES string of the molecule is CCCCC1Cc2cc3c(cc2-c2cc(=O)c(C(=O)O)cn21)OCCCO3. The third-order valence-corrected chi connectivity index (χ3v) is 5.30. The molecule has 2 aromatic rings. The first-order chi connectivity index (χ1) is 13.1. The Bertz CT molecular complexity index is 946. The predicted molar refractivity (Wildman–Crippen MR) is 101 cm³/mol. The van der Waals surface area contributed by atoms with Gasteiger partial charge in [0.1, 0.15) is 5.56 Å². The van der Waals surface area contributed by atoms with E-state index in [4.69, 9.17) is 9.47 Å². The molecule has 1 aromatic carbocycles. The smallest absolute Gasteiger partial charge is 0.341 e. The first-order valence-corrected chi connectivity index (χ1v) is 9.51. The summed E-state index contributed by atoms with van der Waals surface area (Å²) in [6.07, 6.45) is 6.15. The molecule has 0 aliphatic carbocycles. The number of carbonyl (C=O) groups is 1. The molecular formula is C21H23NO5. The predicted octanol–water partition coefficient (Wildman–Crippen LogP) is 3.66. The highest BCUT2D eigenvalue weighted by Crippen LogP contribution is 2.42. The van der Waals surface area contributed by atoms with E-state index in [1.54, 1.807) is 0 Å². The van der Waals surface area contributed by atoms with Crippen LogP contribution in [0.5, 0.6) is 11.5 Å². The molecule has 1 aromatic heterocycles. The maximum atomic E-state index is 12.4. The molecule has 0 bridgehead atoms. The van der Waals surface area contributed by atoms with Crippen molar-refractivity contribution in [1.29, 1.82) is 0 Å². The third-order valence-electron chi connectivity index (χ3n) is 5.30. The zero-order chi connectivity index (χ0) is 19.0. The van der Waals surface area contributed by atoms with Gasteiger partial charge in [-0.3, -0.25) is 4.79 Å². The van der Waals surface area contributed by atoms with Crippen molar-refractivity contribution in [3.8, 4) is 22.8 Å². The van der Waals surface area contributed by atoms with Gasteiger partial charge in [0.25, 0.3) is 0 Å². The minimum atomic E-state index is -1.19. The number of fused-ring (bicyclic) bond motifs is 4. The highest BCUT2D eigenvalue weighted by Gasteiger charge is 2.28. The summed E-state index contributed by atoms with van der Waals surface area (Å²) in [5.74, 6) is 0.243. The Balaban J connectivity index is 1.88. The van der Waals surface area contributed by atoms with E-state index in [1.807, 2.05) is 16.7 Å². The summed E-state index contributed by atoms with van der Waals surface area (Å²) in [6.45, 7) is 3.36. The molecule has 0 fully saturated rings. The molecule has 0 amide bonds. The van der Waals surface area contributed by atoms with Crippen LogP contribution in [0.1, 0.15) is 54.6 Å². The summed E-state index contributed by atoms with van der Waals surface area (Å²) in [5.41, 5.74) is 2.13. The Labute approximate surface area is 157 Å². The van der Waals surface area contributed by atoms with Gasteiger partial charge in [0.2, 0.25) is 0 Å².